The first-order valence-corrected chi connectivity index (χ1v) is 12.1. The van der Waals surface area contributed by atoms with E-state index in [0.717, 1.165) is 40.3 Å². The Balaban J connectivity index is 1.72. The summed E-state index contributed by atoms with van der Waals surface area (Å²) in [7, 11) is -3.65. The zero-order valence-corrected chi connectivity index (χ0v) is 18.8. The molecule has 1 aliphatic carbocycles. The number of amides is 1. The molecule has 1 N–H and O–H groups in total. The minimum Gasteiger partial charge on any atom is -0.490 e. The van der Waals surface area contributed by atoms with E-state index >= 15 is 0 Å². The van der Waals surface area contributed by atoms with Gasteiger partial charge in [-0.15, -0.1) is 0 Å². The fourth-order valence-corrected chi connectivity index (χ4v) is 4.90. The van der Waals surface area contributed by atoms with Crippen molar-refractivity contribution in [2.75, 3.05) is 15.9 Å². The smallest absolute Gasteiger partial charge is 0.247 e. The predicted octanol–water partition coefficient (Wildman–Crippen LogP) is 4.42. The number of benzene rings is 2. The van der Waals surface area contributed by atoms with Gasteiger partial charge >= 0.3 is 0 Å². The maximum Gasteiger partial charge on any atom is 0.247 e. The monoisotopic (exact) mass is 430 g/mol. The van der Waals surface area contributed by atoms with Crippen molar-refractivity contribution in [3.8, 4) is 5.75 Å². The average molecular weight is 431 g/mol. The van der Waals surface area contributed by atoms with Crippen LogP contribution in [-0.2, 0) is 14.8 Å². The van der Waals surface area contributed by atoms with Crippen molar-refractivity contribution >= 4 is 27.3 Å². The van der Waals surface area contributed by atoms with E-state index in [9.17, 15) is 13.2 Å². The van der Waals surface area contributed by atoms with E-state index in [2.05, 4.69) is 5.32 Å². The Morgan fingerprint density at radius 1 is 1.07 bits per heavy atom. The quantitative estimate of drug-likeness (QED) is 0.706. The van der Waals surface area contributed by atoms with Crippen LogP contribution in [0.25, 0.3) is 0 Å². The fraction of sp³-hybridized carbons (Fsp3) is 0.435. The molecule has 0 heterocycles. The number of hydrogen-bond acceptors (Lipinski definition) is 4. The van der Waals surface area contributed by atoms with E-state index in [-0.39, 0.29) is 6.10 Å². The Hall–Kier alpha value is -2.54. The molecular formula is C23H30N2O4S. The molecule has 7 heteroatoms. The highest BCUT2D eigenvalue weighted by atomic mass is 32.2. The van der Waals surface area contributed by atoms with Crippen LogP contribution in [-0.4, -0.2) is 32.7 Å². The van der Waals surface area contributed by atoms with Gasteiger partial charge in [0.2, 0.25) is 15.9 Å². The van der Waals surface area contributed by atoms with Crippen LogP contribution in [0.2, 0.25) is 0 Å². The highest BCUT2D eigenvalue weighted by Crippen LogP contribution is 2.26. The van der Waals surface area contributed by atoms with Crippen LogP contribution in [0.5, 0.6) is 5.75 Å². The molecule has 162 valence electrons. The molecule has 1 saturated carbocycles. The van der Waals surface area contributed by atoms with Crippen LogP contribution in [0.4, 0.5) is 11.4 Å². The molecule has 2 aromatic rings. The SMILES string of the molecule is Cc1ccc(N([C@@H](C)C(=O)Nc2ccc(OC3CCCC3)cc2)S(C)(=O)=O)cc1C. The first-order valence-electron chi connectivity index (χ1n) is 10.3. The zero-order chi connectivity index (χ0) is 21.9. The number of anilines is 2. The summed E-state index contributed by atoms with van der Waals surface area (Å²) < 4.78 is 32.0. The maximum absolute atomic E-state index is 12.8. The van der Waals surface area contributed by atoms with Gasteiger partial charge in [0, 0.05) is 5.69 Å². The standard InChI is InChI=1S/C23H30N2O4S/c1-16-9-12-20(15-17(16)2)25(30(4,27)28)18(3)23(26)24-19-10-13-22(14-11-19)29-21-7-5-6-8-21/h9-15,18,21H,5-8H2,1-4H3,(H,24,26)/t18-/m0/s1. The molecule has 0 bridgehead atoms. The summed E-state index contributed by atoms with van der Waals surface area (Å²) in [5.41, 5.74) is 3.10. The van der Waals surface area contributed by atoms with E-state index in [4.69, 9.17) is 4.74 Å². The van der Waals surface area contributed by atoms with Crippen LogP contribution in [0.1, 0.15) is 43.7 Å². The largest absolute Gasteiger partial charge is 0.490 e. The topological polar surface area (TPSA) is 75.7 Å². The van der Waals surface area contributed by atoms with Crippen LogP contribution < -0.4 is 14.4 Å². The molecule has 0 radical (unpaired) electrons. The number of nitrogens with zero attached hydrogens (tertiary/aromatic N) is 1. The molecule has 0 spiro atoms. The highest BCUT2D eigenvalue weighted by Gasteiger charge is 2.29. The molecule has 6 nitrogen and oxygen atoms in total. The van der Waals surface area contributed by atoms with Crippen molar-refractivity contribution in [3.05, 3.63) is 53.6 Å². The van der Waals surface area contributed by atoms with Gasteiger partial charge in [0.05, 0.1) is 18.0 Å². The molecule has 0 aliphatic heterocycles. The lowest BCUT2D eigenvalue weighted by Gasteiger charge is -2.28. The average Bonchev–Trinajstić information content (AvgIpc) is 3.18. The van der Waals surface area contributed by atoms with E-state index in [1.807, 2.05) is 32.0 Å². The molecule has 0 aromatic heterocycles. The van der Waals surface area contributed by atoms with Gasteiger partial charge in [-0.25, -0.2) is 8.42 Å². The van der Waals surface area contributed by atoms with E-state index < -0.39 is 22.0 Å². The van der Waals surface area contributed by atoms with Crippen molar-refractivity contribution in [1.82, 2.24) is 0 Å². The van der Waals surface area contributed by atoms with Crippen LogP contribution in [0, 0.1) is 13.8 Å². The molecule has 1 atom stereocenters. The number of sulfonamides is 1. The lowest BCUT2D eigenvalue weighted by Crippen LogP contribution is -2.45. The summed E-state index contributed by atoms with van der Waals surface area (Å²) in [6.07, 6.45) is 5.95. The van der Waals surface area contributed by atoms with Gasteiger partial charge in [0.25, 0.3) is 0 Å². The number of hydrogen-bond donors (Lipinski definition) is 1. The summed E-state index contributed by atoms with van der Waals surface area (Å²) in [4.78, 5) is 12.8. The normalized spacial score (nSPS) is 15.6. The van der Waals surface area contributed by atoms with Gasteiger partial charge in [-0.2, -0.15) is 0 Å². The van der Waals surface area contributed by atoms with Gasteiger partial charge in [-0.1, -0.05) is 6.07 Å². The number of ether oxygens (including phenoxy) is 1. The van der Waals surface area contributed by atoms with Gasteiger partial charge < -0.3 is 10.1 Å². The lowest BCUT2D eigenvalue weighted by atomic mass is 10.1. The minimum atomic E-state index is -3.65. The highest BCUT2D eigenvalue weighted by molar-refractivity contribution is 7.92. The number of carbonyl (C=O) groups is 1. The van der Waals surface area contributed by atoms with Crippen molar-refractivity contribution in [3.63, 3.8) is 0 Å². The van der Waals surface area contributed by atoms with Crippen molar-refractivity contribution < 1.29 is 17.9 Å². The predicted molar refractivity (Wildman–Crippen MR) is 121 cm³/mol. The van der Waals surface area contributed by atoms with E-state index in [1.54, 1.807) is 31.2 Å². The third-order valence-electron chi connectivity index (χ3n) is 5.56. The molecule has 3 rings (SSSR count). The Bertz CT molecular complexity index is 996. The second-order valence-corrected chi connectivity index (χ2v) is 9.90. The Kier molecular flexibility index (Phi) is 6.71. The van der Waals surface area contributed by atoms with Gasteiger partial charge in [-0.05, 0) is 94.0 Å². The summed E-state index contributed by atoms with van der Waals surface area (Å²) in [6, 6.07) is 11.7. The van der Waals surface area contributed by atoms with Gasteiger partial charge in [0.15, 0.2) is 0 Å². The first-order chi connectivity index (χ1) is 14.1. The molecule has 30 heavy (non-hydrogen) atoms. The fourth-order valence-electron chi connectivity index (χ4n) is 3.73. The second-order valence-electron chi connectivity index (χ2n) is 8.04. The molecular weight excluding hydrogens is 400 g/mol. The number of carbonyl (C=O) groups excluding carboxylic acids is 1. The molecule has 0 unspecified atom stereocenters. The summed E-state index contributed by atoms with van der Waals surface area (Å²) >= 11 is 0. The molecule has 1 aliphatic rings. The lowest BCUT2D eigenvalue weighted by molar-refractivity contribution is -0.116. The Labute approximate surface area is 179 Å². The van der Waals surface area contributed by atoms with Crippen LogP contribution >= 0.6 is 0 Å². The molecule has 0 saturated heterocycles. The molecule has 1 fully saturated rings. The molecule has 1 amide bonds. The molecule has 2 aromatic carbocycles. The van der Waals surface area contributed by atoms with Crippen molar-refractivity contribution in [1.29, 1.82) is 0 Å². The van der Waals surface area contributed by atoms with Gasteiger partial charge in [0.1, 0.15) is 11.8 Å². The Morgan fingerprint density at radius 3 is 2.27 bits per heavy atom. The third-order valence-corrected chi connectivity index (χ3v) is 6.80. The van der Waals surface area contributed by atoms with E-state index in [0.29, 0.717) is 11.4 Å². The maximum atomic E-state index is 12.8. The van der Waals surface area contributed by atoms with Crippen molar-refractivity contribution in [2.45, 2.75) is 58.6 Å². The van der Waals surface area contributed by atoms with Crippen molar-refractivity contribution in [2.24, 2.45) is 0 Å². The Morgan fingerprint density at radius 2 is 1.70 bits per heavy atom. The first kappa shape index (κ1) is 22.2. The summed E-state index contributed by atoms with van der Waals surface area (Å²) in [5.74, 6) is 0.379. The van der Waals surface area contributed by atoms with Crippen LogP contribution in [0.15, 0.2) is 42.5 Å². The van der Waals surface area contributed by atoms with E-state index in [1.165, 1.54) is 12.8 Å². The number of aryl methyl sites for hydroxylation is 2. The minimum absolute atomic E-state index is 0.270. The number of nitrogens with one attached hydrogen (secondary N) is 1. The summed E-state index contributed by atoms with van der Waals surface area (Å²) in [5, 5.41) is 2.81. The second kappa shape index (κ2) is 9.08. The van der Waals surface area contributed by atoms with Gasteiger partial charge in [-0.3, -0.25) is 9.10 Å². The van der Waals surface area contributed by atoms with Crippen LogP contribution in [0.3, 0.4) is 0 Å². The zero-order valence-electron chi connectivity index (χ0n) is 18.0. The summed E-state index contributed by atoms with van der Waals surface area (Å²) in [6.45, 7) is 5.46. The third kappa shape index (κ3) is 5.33. The number of rotatable bonds is 7.